The fraction of sp³-hybridized carbons (Fsp3) is 0.630. The number of allylic oxidation sites excluding steroid dienone is 3. The molecule has 1 unspecified atom stereocenters. The summed E-state index contributed by atoms with van der Waals surface area (Å²) in [5.74, 6) is 1.75. The summed E-state index contributed by atoms with van der Waals surface area (Å²) < 4.78 is 15.2. The molecule has 1 saturated carbocycles. The molecule has 1 atom stereocenters. The molecule has 1 aromatic carbocycles. The summed E-state index contributed by atoms with van der Waals surface area (Å²) in [6.45, 7) is 6.08. The Morgan fingerprint density at radius 1 is 1.07 bits per heavy atom. The maximum Gasteiger partial charge on any atom is 0.145 e. The number of rotatable bonds is 9. The molecular formula is C27H38ClF. The van der Waals surface area contributed by atoms with E-state index in [1.165, 1.54) is 56.9 Å². The van der Waals surface area contributed by atoms with Crippen LogP contribution in [0.25, 0.3) is 5.57 Å². The van der Waals surface area contributed by atoms with Crippen molar-refractivity contribution < 1.29 is 4.39 Å². The van der Waals surface area contributed by atoms with Gasteiger partial charge >= 0.3 is 0 Å². The van der Waals surface area contributed by atoms with Crippen molar-refractivity contribution in [3.05, 3.63) is 52.8 Å². The van der Waals surface area contributed by atoms with Crippen molar-refractivity contribution in [1.82, 2.24) is 0 Å². The number of unbranched alkanes of at least 4 members (excludes halogenated alkanes) is 2. The molecule has 0 aromatic heterocycles. The molecule has 0 spiro atoms. The second kappa shape index (κ2) is 11.3. The number of benzene rings is 1. The molecule has 1 aromatic rings. The highest BCUT2D eigenvalue weighted by Gasteiger charge is 2.26. The first-order valence-corrected chi connectivity index (χ1v) is 12.3. The van der Waals surface area contributed by atoms with E-state index in [1.54, 1.807) is 0 Å². The summed E-state index contributed by atoms with van der Waals surface area (Å²) in [7, 11) is 0. The van der Waals surface area contributed by atoms with Crippen LogP contribution in [-0.2, 0) is 0 Å². The van der Waals surface area contributed by atoms with E-state index in [9.17, 15) is 0 Å². The topological polar surface area (TPSA) is 0 Å². The Bertz CT molecular complexity index is 697. The smallest absolute Gasteiger partial charge is 0.145 e. The van der Waals surface area contributed by atoms with Crippen molar-refractivity contribution in [1.29, 1.82) is 0 Å². The lowest BCUT2D eigenvalue weighted by Gasteiger charge is -2.29. The molecule has 160 valence electrons. The largest absolute Gasteiger partial charge is 0.205 e. The predicted octanol–water partition coefficient (Wildman–Crippen LogP) is 9.48. The summed E-state index contributed by atoms with van der Waals surface area (Å²) in [5.41, 5.74) is 3.00. The van der Waals surface area contributed by atoms with Crippen LogP contribution in [0.5, 0.6) is 0 Å². The Kier molecular flexibility index (Phi) is 8.85. The van der Waals surface area contributed by atoms with Crippen LogP contribution in [0.1, 0.15) is 107 Å². The van der Waals surface area contributed by atoms with Gasteiger partial charge in [0.1, 0.15) is 5.82 Å². The Morgan fingerprint density at radius 2 is 1.86 bits per heavy atom. The molecule has 1 fully saturated rings. The third-order valence-corrected chi connectivity index (χ3v) is 7.63. The first-order chi connectivity index (χ1) is 14.1. The van der Waals surface area contributed by atoms with Crippen molar-refractivity contribution >= 4 is 17.2 Å². The fourth-order valence-electron chi connectivity index (χ4n) is 5.32. The molecule has 0 nitrogen and oxygen atoms in total. The van der Waals surface area contributed by atoms with Gasteiger partial charge in [0.05, 0.1) is 5.02 Å². The van der Waals surface area contributed by atoms with Crippen molar-refractivity contribution in [3.8, 4) is 0 Å². The standard InChI is InChI=1S/C27H38ClF/c1-3-5-7-9-21-12-16-23(17-13-21)25-19-18-24(26(28)27(25)29)22-14-10-20(11-15-22)8-6-4-2/h4,14,18-21,23H,2-3,5-13,15-17H2,1H3. The molecule has 0 heterocycles. The quantitative estimate of drug-likeness (QED) is 0.277. The highest BCUT2D eigenvalue weighted by atomic mass is 35.5. The zero-order valence-electron chi connectivity index (χ0n) is 18.2. The van der Waals surface area contributed by atoms with Crippen LogP contribution >= 0.6 is 11.6 Å². The van der Waals surface area contributed by atoms with Gasteiger partial charge in [-0.15, -0.1) is 6.58 Å². The lowest BCUT2D eigenvalue weighted by Crippen LogP contribution is -2.15. The van der Waals surface area contributed by atoms with Crippen LogP contribution in [0.4, 0.5) is 4.39 Å². The van der Waals surface area contributed by atoms with Gasteiger partial charge in [-0.2, -0.15) is 0 Å². The van der Waals surface area contributed by atoms with E-state index in [-0.39, 0.29) is 5.82 Å². The third-order valence-electron chi connectivity index (χ3n) is 7.26. The summed E-state index contributed by atoms with van der Waals surface area (Å²) in [5, 5.41) is 0.350. The maximum absolute atomic E-state index is 15.2. The molecule has 0 amide bonds. The molecule has 0 aliphatic heterocycles. The van der Waals surface area contributed by atoms with E-state index in [0.717, 1.165) is 55.1 Å². The highest BCUT2D eigenvalue weighted by molar-refractivity contribution is 6.32. The van der Waals surface area contributed by atoms with Crippen molar-refractivity contribution in [2.45, 2.75) is 96.3 Å². The van der Waals surface area contributed by atoms with Gasteiger partial charge in [0.2, 0.25) is 0 Å². The van der Waals surface area contributed by atoms with Crippen LogP contribution < -0.4 is 0 Å². The van der Waals surface area contributed by atoms with Gasteiger partial charge < -0.3 is 0 Å². The van der Waals surface area contributed by atoms with Crippen molar-refractivity contribution in [2.75, 3.05) is 0 Å². The first kappa shape index (κ1) is 22.6. The Morgan fingerprint density at radius 3 is 2.52 bits per heavy atom. The zero-order chi connectivity index (χ0) is 20.6. The predicted molar refractivity (Wildman–Crippen MR) is 125 cm³/mol. The molecule has 0 bridgehead atoms. The minimum atomic E-state index is -0.159. The average Bonchev–Trinajstić information content (AvgIpc) is 2.75. The average molecular weight is 417 g/mol. The first-order valence-electron chi connectivity index (χ1n) is 11.9. The molecule has 2 aliphatic rings. The van der Waals surface area contributed by atoms with E-state index < -0.39 is 0 Å². The molecule has 0 radical (unpaired) electrons. The number of halogens is 2. The van der Waals surface area contributed by atoms with Crippen LogP contribution in [-0.4, -0.2) is 0 Å². The lowest BCUT2D eigenvalue weighted by molar-refractivity contribution is 0.299. The highest BCUT2D eigenvalue weighted by Crippen LogP contribution is 2.42. The van der Waals surface area contributed by atoms with E-state index >= 15 is 4.39 Å². The van der Waals surface area contributed by atoms with Gasteiger partial charge in [-0.1, -0.05) is 68.5 Å². The molecule has 2 heteroatoms. The van der Waals surface area contributed by atoms with Crippen LogP contribution in [0.15, 0.2) is 30.9 Å². The molecule has 0 saturated heterocycles. The molecule has 2 aliphatic carbocycles. The molecular weight excluding hydrogens is 379 g/mol. The summed E-state index contributed by atoms with van der Waals surface area (Å²) in [4.78, 5) is 0. The van der Waals surface area contributed by atoms with Gasteiger partial charge in [-0.3, -0.25) is 0 Å². The minimum absolute atomic E-state index is 0.159. The summed E-state index contributed by atoms with van der Waals surface area (Å²) in [6.07, 6.45) is 19.9. The molecule has 3 rings (SSSR count). The lowest BCUT2D eigenvalue weighted by atomic mass is 9.76. The SMILES string of the molecule is C=CCCC1CC=C(c2ccc(C3CCC(CCCCC)CC3)c(F)c2Cl)CC1. The van der Waals surface area contributed by atoms with E-state index in [2.05, 4.69) is 25.6 Å². The Labute approximate surface area is 182 Å². The van der Waals surface area contributed by atoms with Gasteiger partial charge in [-0.05, 0) is 92.2 Å². The maximum atomic E-state index is 15.2. The van der Waals surface area contributed by atoms with Crippen molar-refractivity contribution in [2.24, 2.45) is 11.8 Å². The summed E-state index contributed by atoms with van der Waals surface area (Å²) in [6, 6.07) is 4.12. The van der Waals surface area contributed by atoms with Crippen LogP contribution in [0, 0.1) is 17.7 Å². The minimum Gasteiger partial charge on any atom is -0.205 e. The van der Waals surface area contributed by atoms with Gasteiger partial charge in [-0.25, -0.2) is 4.39 Å². The van der Waals surface area contributed by atoms with Crippen molar-refractivity contribution in [3.63, 3.8) is 0 Å². The van der Waals surface area contributed by atoms with Gasteiger partial charge in [0.25, 0.3) is 0 Å². The second-order valence-corrected chi connectivity index (χ2v) is 9.66. The fourth-order valence-corrected chi connectivity index (χ4v) is 5.62. The Hall–Kier alpha value is -1.08. The van der Waals surface area contributed by atoms with Gasteiger partial charge in [0.15, 0.2) is 0 Å². The van der Waals surface area contributed by atoms with Crippen LogP contribution in [0.3, 0.4) is 0 Å². The number of hydrogen-bond acceptors (Lipinski definition) is 0. The monoisotopic (exact) mass is 416 g/mol. The summed E-state index contributed by atoms with van der Waals surface area (Å²) >= 11 is 6.55. The molecule has 29 heavy (non-hydrogen) atoms. The van der Waals surface area contributed by atoms with Crippen LogP contribution in [0.2, 0.25) is 5.02 Å². The van der Waals surface area contributed by atoms with E-state index in [1.807, 2.05) is 12.1 Å². The van der Waals surface area contributed by atoms with E-state index in [4.69, 9.17) is 11.6 Å². The number of hydrogen-bond donors (Lipinski definition) is 0. The zero-order valence-corrected chi connectivity index (χ0v) is 19.0. The van der Waals surface area contributed by atoms with E-state index in [0.29, 0.717) is 10.9 Å². The van der Waals surface area contributed by atoms with Gasteiger partial charge in [0, 0.05) is 0 Å². The third kappa shape index (κ3) is 5.97. The normalized spacial score (nSPS) is 24.9. The molecule has 0 N–H and O–H groups in total. The second-order valence-electron chi connectivity index (χ2n) is 9.28. The Balaban J connectivity index is 1.62.